The van der Waals surface area contributed by atoms with Crippen LogP contribution in [-0.2, 0) is 4.79 Å². The van der Waals surface area contributed by atoms with Crippen LogP contribution in [0.15, 0.2) is 54.6 Å². The van der Waals surface area contributed by atoms with Crippen LogP contribution in [0, 0.1) is 0 Å². The predicted molar refractivity (Wildman–Crippen MR) is 82.3 cm³/mol. The molecule has 0 aliphatic heterocycles. The van der Waals surface area contributed by atoms with Crippen LogP contribution in [0.3, 0.4) is 0 Å². The molecule has 2 nitrogen and oxygen atoms in total. The van der Waals surface area contributed by atoms with E-state index in [1.165, 1.54) is 0 Å². The Labute approximate surface area is 127 Å². The number of carbonyl (C=O) groups excluding carboxylic acids is 1. The number of carbonyl (C=O) groups is 1. The monoisotopic (exact) mass is 306 g/mol. The van der Waals surface area contributed by atoms with E-state index < -0.39 is 5.97 Å². The fraction of sp³-hybridized carbons (Fsp3) is 0.0625. The zero-order chi connectivity index (χ0) is 14.7. The number of rotatable bonds is 3. The summed E-state index contributed by atoms with van der Waals surface area (Å²) in [4.78, 5) is 11.7. The Morgan fingerprint density at radius 1 is 1.10 bits per heavy atom. The summed E-state index contributed by atoms with van der Waals surface area (Å²) in [6.07, 6.45) is 0. The van der Waals surface area contributed by atoms with E-state index >= 15 is 0 Å². The molecule has 0 aromatic heterocycles. The van der Waals surface area contributed by atoms with Crippen LogP contribution in [0.5, 0.6) is 5.75 Å². The van der Waals surface area contributed by atoms with E-state index in [2.05, 4.69) is 6.58 Å². The molecule has 0 radical (unpaired) electrons. The highest BCUT2D eigenvalue weighted by Crippen LogP contribution is 2.36. The van der Waals surface area contributed by atoms with Crippen molar-refractivity contribution >= 4 is 29.2 Å². The van der Waals surface area contributed by atoms with E-state index in [-0.39, 0.29) is 0 Å². The van der Waals surface area contributed by atoms with Gasteiger partial charge in [-0.15, -0.1) is 0 Å². The normalized spacial score (nSPS) is 10.2. The van der Waals surface area contributed by atoms with Gasteiger partial charge in [-0.05, 0) is 31.2 Å². The Morgan fingerprint density at radius 3 is 2.45 bits per heavy atom. The van der Waals surface area contributed by atoms with Crippen LogP contribution in [0.25, 0.3) is 11.1 Å². The summed E-state index contributed by atoms with van der Waals surface area (Å²) >= 11 is 12.2. The van der Waals surface area contributed by atoms with Crippen molar-refractivity contribution in [3.05, 3.63) is 64.7 Å². The second-order valence-corrected chi connectivity index (χ2v) is 5.13. The molecule has 102 valence electrons. The summed E-state index contributed by atoms with van der Waals surface area (Å²) in [5, 5.41) is 1.09. The molecule has 4 heteroatoms. The van der Waals surface area contributed by atoms with E-state index in [0.29, 0.717) is 26.9 Å². The molecule has 0 fully saturated rings. The van der Waals surface area contributed by atoms with Gasteiger partial charge in [-0.3, -0.25) is 0 Å². The van der Waals surface area contributed by atoms with Gasteiger partial charge in [0, 0.05) is 26.7 Å². The van der Waals surface area contributed by atoms with Crippen molar-refractivity contribution in [2.75, 3.05) is 0 Å². The molecule has 0 N–H and O–H groups in total. The van der Waals surface area contributed by atoms with Crippen molar-refractivity contribution in [3.63, 3.8) is 0 Å². The highest BCUT2D eigenvalue weighted by molar-refractivity contribution is 6.34. The smallest absolute Gasteiger partial charge is 0.338 e. The highest BCUT2D eigenvalue weighted by Gasteiger charge is 2.14. The molecule has 0 aliphatic rings. The van der Waals surface area contributed by atoms with Crippen molar-refractivity contribution in [3.8, 4) is 16.9 Å². The lowest BCUT2D eigenvalue weighted by Gasteiger charge is -2.12. The van der Waals surface area contributed by atoms with Crippen LogP contribution < -0.4 is 4.74 Å². The standard InChI is InChI=1S/C16H12Cl2O2/c1-10(2)16(19)20-15-8-7-11(17)9-13(15)12-5-3-4-6-14(12)18/h3-9H,1H2,2H3. The Hall–Kier alpha value is -1.77. The first-order chi connectivity index (χ1) is 9.49. The second kappa shape index (κ2) is 6.12. The number of hydrogen-bond donors (Lipinski definition) is 0. The first-order valence-electron chi connectivity index (χ1n) is 5.91. The van der Waals surface area contributed by atoms with Gasteiger partial charge in [-0.25, -0.2) is 4.79 Å². The van der Waals surface area contributed by atoms with E-state index in [1.54, 1.807) is 31.2 Å². The van der Waals surface area contributed by atoms with Crippen molar-refractivity contribution in [2.24, 2.45) is 0 Å². The lowest BCUT2D eigenvalue weighted by molar-refractivity contribution is -0.130. The van der Waals surface area contributed by atoms with Gasteiger partial charge in [0.15, 0.2) is 0 Å². The lowest BCUT2D eigenvalue weighted by atomic mass is 10.0. The third-order valence-electron chi connectivity index (χ3n) is 2.66. The average Bonchev–Trinajstić information content (AvgIpc) is 2.41. The summed E-state index contributed by atoms with van der Waals surface area (Å²) < 4.78 is 5.32. The molecule has 0 saturated carbocycles. The third kappa shape index (κ3) is 3.21. The van der Waals surface area contributed by atoms with Gasteiger partial charge in [-0.2, -0.15) is 0 Å². The second-order valence-electron chi connectivity index (χ2n) is 4.29. The molecule has 2 aromatic carbocycles. The van der Waals surface area contributed by atoms with Crippen LogP contribution >= 0.6 is 23.2 Å². The first-order valence-corrected chi connectivity index (χ1v) is 6.67. The maximum Gasteiger partial charge on any atom is 0.338 e. The van der Waals surface area contributed by atoms with E-state index in [1.807, 2.05) is 18.2 Å². The maximum atomic E-state index is 11.7. The number of hydrogen-bond acceptors (Lipinski definition) is 2. The van der Waals surface area contributed by atoms with Gasteiger partial charge in [0.25, 0.3) is 0 Å². The van der Waals surface area contributed by atoms with Gasteiger partial charge < -0.3 is 4.74 Å². The third-order valence-corrected chi connectivity index (χ3v) is 3.22. The molecule has 0 amide bonds. The number of ether oxygens (including phenoxy) is 1. The number of benzene rings is 2. The van der Waals surface area contributed by atoms with Crippen molar-refractivity contribution < 1.29 is 9.53 Å². The Morgan fingerprint density at radius 2 is 1.80 bits per heavy atom. The SMILES string of the molecule is C=C(C)C(=O)Oc1ccc(Cl)cc1-c1ccccc1Cl. The van der Waals surface area contributed by atoms with E-state index in [0.717, 1.165) is 5.56 Å². The summed E-state index contributed by atoms with van der Waals surface area (Å²) in [6, 6.07) is 12.3. The van der Waals surface area contributed by atoms with Crippen molar-refractivity contribution in [1.29, 1.82) is 0 Å². The summed E-state index contributed by atoms with van der Waals surface area (Å²) in [7, 11) is 0. The molecule has 20 heavy (non-hydrogen) atoms. The minimum absolute atomic E-state index is 0.324. The molecule has 2 aromatic rings. The first kappa shape index (κ1) is 14.6. The summed E-state index contributed by atoms with van der Waals surface area (Å²) in [5.41, 5.74) is 1.74. The largest absolute Gasteiger partial charge is 0.423 e. The zero-order valence-corrected chi connectivity index (χ0v) is 12.3. The van der Waals surface area contributed by atoms with E-state index in [9.17, 15) is 4.79 Å². The van der Waals surface area contributed by atoms with Crippen molar-refractivity contribution in [2.45, 2.75) is 6.92 Å². The molecule has 0 bridgehead atoms. The Bertz CT molecular complexity index is 678. The number of halogens is 2. The summed E-state index contributed by atoms with van der Waals surface area (Å²) in [5.74, 6) is -0.0869. The van der Waals surface area contributed by atoms with Crippen LogP contribution in [-0.4, -0.2) is 5.97 Å². The fourth-order valence-corrected chi connectivity index (χ4v) is 2.08. The average molecular weight is 307 g/mol. The minimum atomic E-state index is -0.486. The number of esters is 1. The molecule has 0 unspecified atom stereocenters. The van der Waals surface area contributed by atoms with Gasteiger partial charge >= 0.3 is 5.97 Å². The van der Waals surface area contributed by atoms with E-state index in [4.69, 9.17) is 27.9 Å². The maximum absolute atomic E-state index is 11.7. The molecule has 0 aliphatic carbocycles. The van der Waals surface area contributed by atoms with Crippen molar-refractivity contribution in [1.82, 2.24) is 0 Å². The lowest BCUT2D eigenvalue weighted by Crippen LogP contribution is -2.09. The van der Waals surface area contributed by atoms with Gasteiger partial charge in [-0.1, -0.05) is 48.0 Å². The zero-order valence-electron chi connectivity index (χ0n) is 10.8. The molecule has 0 heterocycles. The highest BCUT2D eigenvalue weighted by atomic mass is 35.5. The molecular weight excluding hydrogens is 295 g/mol. The molecule has 0 saturated heterocycles. The molecular formula is C16H12Cl2O2. The minimum Gasteiger partial charge on any atom is -0.423 e. The quantitative estimate of drug-likeness (QED) is 0.446. The van der Waals surface area contributed by atoms with Crippen LogP contribution in [0.4, 0.5) is 0 Å². The van der Waals surface area contributed by atoms with Gasteiger partial charge in [0.2, 0.25) is 0 Å². The molecule has 0 spiro atoms. The fourth-order valence-electron chi connectivity index (χ4n) is 1.67. The molecule has 0 atom stereocenters. The predicted octanol–water partition coefficient (Wildman–Crippen LogP) is 5.14. The topological polar surface area (TPSA) is 26.3 Å². The van der Waals surface area contributed by atoms with Gasteiger partial charge in [0.05, 0.1) is 0 Å². The Balaban J connectivity index is 2.52. The Kier molecular flexibility index (Phi) is 4.48. The van der Waals surface area contributed by atoms with Gasteiger partial charge in [0.1, 0.15) is 5.75 Å². The molecule has 2 rings (SSSR count). The summed E-state index contributed by atoms with van der Waals surface area (Å²) in [6.45, 7) is 5.15. The van der Waals surface area contributed by atoms with Crippen LogP contribution in [0.2, 0.25) is 10.0 Å². The van der Waals surface area contributed by atoms with Crippen LogP contribution in [0.1, 0.15) is 6.92 Å².